The highest BCUT2D eigenvalue weighted by molar-refractivity contribution is 6.01. The SMILES string of the molecule is CC(=O)OC[C@@H](C)[C@H]1CC[C@H]2[C@@H]3CCC4=CC(=O)C=C[C@]4(C)[C@H]3[C@H](O)C[C@]12C. The minimum absolute atomic E-state index is 0.0845. The third kappa shape index (κ3) is 2.91. The summed E-state index contributed by atoms with van der Waals surface area (Å²) in [5.74, 6) is 1.92. The number of aliphatic hydroxyl groups excluding tert-OH is 1. The molecule has 0 aromatic rings. The molecule has 4 aliphatic rings. The second-order valence-corrected chi connectivity index (χ2v) is 10.3. The lowest BCUT2D eigenvalue weighted by molar-refractivity contribution is -0.145. The molecule has 0 unspecified atom stereocenters. The summed E-state index contributed by atoms with van der Waals surface area (Å²) in [5.41, 5.74) is 1.10. The second-order valence-electron chi connectivity index (χ2n) is 10.3. The molecular formula is C24H34O4. The predicted octanol–water partition coefficient (Wildman–Crippen LogP) is 4.08. The van der Waals surface area contributed by atoms with Crippen molar-refractivity contribution in [2.24, 2.45) is 40.4 Å². The summed E-state index contributed by atoms with van der Waals surface area (Å²) < 4.78 is 5.32. The monoisotopic (exact) mass is 386 g/mol. The Morgan fingerprint density at radius 3 is 2.79 bits per heavy atom. The van der Waals surface area contributed by atoms with Gasteiger partial charge in [-0.15, -0.1) is 0 Å². The van der Waals surface area contributed by atoms with Crippen molar-refractivity contribution in [3.8, 4) is 0 Å². The van der Waals surface area contributed by atoms with Gasteiger partial charge in [0.15, 0.2) is 5.78 Å². The molecule has 0 aliphatic heterocycles. The standard InChI is InChI=1S/C24H34O4/c1-14(13-28-15(2)25)19-7-8-20-18-6-5-16-11-17(26)9-10-23(16,3)22(18)21(27)12-24(19,20)4/h9-11,14,18-22,27H,5-8,12-13H2,1-4H3/t14-,18+,19-,20+,21-,22-,23+,24-/m1/s1. The van der Waals surface area contributed by atoms with Crippen LogP contribution in [-0.2, 0) is 14.3 Å². The topological polar surface area (TPSA) is 63.6 Å². The van der Waals surface area contributed by atoms with Crippen molar-refractivity contribution in [1.82, 2.24) is 0 Å². The molecule has 4 heteroatoms. The van der Waals surface area contributed by atoms with E-state index in [-0.39, 0.29) is 34.6 Å². The number of rotatable bonds is 3. The Kier molecular flexibility index (Phi) is 4.85. The van der Waals surface area contributed by atoms with Crippen LogP contribution in [0.5, 0.6) is 0 Å². The number of hydrogen-bond donors (Lipinski definition) is 1. The zero-order valence-corrected chi connectivity index (χ0v) is 17.6. The van der Waals surface area contributed by atoms with E-state index in [9.17, 15) is 14.7 Å². The first-order valence-corrected chi connectivity index (χ1v) is 10.9. The fraction of sp³-hybridized carbons (Fsp3) is 0.750. The Morgan fingerprint density at radius 1 is 1.32 bits per heavy atom. The van der Waals surface area contributed by atoms with Crippen molar-refractivity contribution < 1.29 is 19.4 Å². The summed E-state index contributed by atoms with van der Waals surface area (Å²) in [6, 6.07) is 0. The Labute approximate surface area is 168 Å². The Hall–Kier alpha value is -1.42. The quantitative estimate of drug-likeness (QED) is 0.743. The van der Waals surface area contributed by atoms with Crippen molar-refractivity contribution >= 4 is 11.8 Å². The van der Waals surface area contributed by atoms with Gasteiger partial charge in [-0.05, 0) is 73.3 Å². The number of aliphatic hydroxyl groups is 1. The van der Waals surface area contributed by atoms with E-state index in [2.05, 4.69) is 26.8 Å². The van der Waals surface area contributed by atoms with Gasteiger partial charge < -0.3 is 9.84 Å². The first-order valence-electron chi connectivity index (χ1n) is 10.9. The number of fused-ring (bicyclic) bond motifs is 5. The van der Waals surface area contributed by atoms with Crippen molar-refractivity contribution in [3.05, 3.63) is 23.8 Å². The number of carbonyl (C=O) groups excluding carboxylic acids is 2. The minimum Gasteiger partial charge on any atom is -0.466 e. The van der Waals surface area contributed by atoms with Crippen LogP contribution < -0.4 is 0 Å². The fourth-order valence-electron chi connectivity index (χ4n) is 7.66. The van der Waals surface area contributed by atoms with Gasteiger partial charge in [-0.3, -0.25) is 9.59 Å². The highest BCUT2D eigenvalue weighted by Crippen LogP contribution is 2.66. The Bertz CT molecular complexity index is 737. The van der Waals surface area contributed by atoms with E-state index in [1.54, 1.807) is 6.08 Å². The summed E-state index contributed by atoms with van der Waals surface area (Å²) in [6.45, 7) is 8.73. The lowest BCUT2D eigenvalue weighted by atomic mass is 9.46. The molecule has 0 aromatic carbocycles. The number of esters is 1. The van der Waals surface area contributed by atoms with Crippen LogP contribution in [0.2, 0.25) is 0 Å². The van der Waals surface area contributed by atoms with Gasteiger partial charge >= 0.3 is 5.97 Å². The van der Waals surface area contributed by atoms with Crippen LogP contribution in [0.4, 0.5) is 0 Å². The molecular weight excluding hydrogens is 352 g/mol. The molecule has 3 saturated carbocycles. The lowest BCUT2D eigenvalue weighted by Gasteiger charge is -2.59. The van der Waals surface area contributed by atoms with Crippen molar-refractivity contribution in [3.63, 3.8) is 0 Å². The van der Waals surface area contributed by atoms with Crippen LogP contribution in [-0.4, -0.2) is 29.6 Å². The first-order chi connectivity index (χ1) is 13.2. The maximum absolute atomic E-state index is 11.9. The molecule has 4 nitrogen and oxygen atoms in total. The lowest BCUT2D eigenvalue weighted by Crippen LogP contribution is -2.56. The molecule has 0 spiro atoms. The normalized spacial score (nSPS) is 45.5. The van der Waals surface area contributed by atoms with Gasteiger partial charge in [0.2, 0.25) is 0 Å². The maximum Gasteiger partial charge on any atom is 0.302 e. The predicted molar refractivity (Wildman–Crippen MR) is 107 cm³/mol. The van der Waals surface area contributed by atoms with Gasteiger partial charge in [0.1, 0.15) is 0 Å². The fourth-order valence-corrected chi connectivity index (χ4v) is 7.66. The molecule has 0 radical (unpaired) electrons. The van der Waals surface area contributed by atoms with Crippen LogP contribution in [0.1, 0.15) is 59.8 Å². The highest BCUT2D eigenvalue weighted by Gasteiger charge is 2.62. The van der Waals surface area contributed by atoms with Crippen LogP contribution in [0.3, 0.4) is 0 Å². The molecule has 154 valence electrons. The first kappa shape index (κ1) is 19.9. The minimum atomic E-state index is -0.362. The largest absolute Gasteiger partial charge is 0.466 e. The van der Waals surface area contributed by atoms with Gasteiger partial charge in [0.05, 0.1) is 12.7 Å². The molecule has 28 heavy (non-hydrogen) atoms. The number of ether oxygens (including phenoxy) is 1. The smallest absolute Gasteiger partial charge is 0.302 e. The van der Waals surface area contributed by atoms with E-state index in [0.29, 0.717) is 30.3 Å². The zero-order valence-electron chi connectivity index (χ0n) is 17.6. The maximum atomic E-state index is 11.9. The van der Waals surface area contributed by atoms with Crippen molar-refractivity contribution in [1.29, 1.82) is 0 Å². The van der Waals surface area contributed by atoms with E-state index >= 15 is 0 Å². The molecule has 8 atom stereocenters. The molecule has 0 heterocycles. The van der Waals surface area contributed by atoms with E-state index < -0.39 is 0 Å². The van der Waals surface area contributed by atoms with E-state index in [1.807, 2.05) is 6.08 Å². The molecule has 3 fully saturated rings. The summed E-state index contributed by atoms with van der Waals surface area (Å²) in [7, 11) is 0. The molecule has 4 aliphatic carbocycles. The highest BCUT2D eigenvalue weighted by atomic mass is 16.5. The van der Waals surface area contributed by atoms with Crippen LogP contribution in [0.15, 0.2) is 23.8 Å². The average Bonchev–Trinajstić information content (AvgIpc) is 2.96. The molecule has 0 bridgehead atoms. The van der Waals surface area contributed by atoms with Crippen LogP contribution in [0.25, 0.3) is 0 Å². The summed E-state index contributed by atoms with van der Waals surface area (Å²) in [4.78, 5) is 23.2. The van der Waals surface area contributed by atoms with Gasteiger partial charge in [-0.1, -0.05) is 32.4 Å². The molecule has 1 N–H and O–H groups in total. The molecule has 0 saturated heterocycles. The van der Waals surface area contributed by atoms with E-state index in [0.717, 1.165) is 25.7 Å². The van der Waals surface area contributed by atoms with Crippen LogP contribution in [0, 0.1) is 40.4 Å². The molecule has 0 aromatic heterocycles. The number of ketones is 1. The van der Waals surface area contributed by atoms with E-state index in [4.69, 9.17) is 4.74 Å². The van der Waals surface area contributed by atoms with E-state index in [1.165, 1.54) is 18.9 Å². The van der Waals surface area contributed by atoms with Crippen LogP contribution >= 0.6 is 0 Å². The Balaban J connectivity index is 1.61. The molecule has 4 rings (SSSR count). The van der Waals surface area contributed by atoms with Crippen molar-refractivity contribution in [2.45, 2.75) is 65.9 Å². The second kappa shape index (κ2) is 6.83. The average molecular weight is 387 g/mol. The van der Waals surface area contributed by atoms with Gasteiger partial charge in [-0.2, -0.15) is 0 Å². The zero-order chi connectivity index (χ0) is 20.3. The number of carbonyl (C=O) groups is 2. The van der Waals surface area contributed by atoms with Gasteiger partial charge in [0, 0.05) is 18.3 Å². The Morgan fingerprint density at radius 2 is 2.07 bits per heavy atom. The number of hydrogen-bond acceptors (Lipinski definition) is 4. The van der Waals surface area contributed by atoms with Crippen molar-refractivity contribution in [2.75, 3.05) is 6.61 Å². The summed E-state index contributed by atoms with van der Waals surface area (Å²) in [5, 5.41) is 11.4. The summed E-state index contributed by atoms with van der Waals surface area (Å²) >= 11 is 0. The summed E-state index contributed by atoms with van der Waals surface area (Å²) in [6.07, 6.45) is 10.4. The van der Waals surface area contributed by atoms with Gasteiger partial charge in [0.25, 0.3) is 0 Å². The number of allylic oxidation sites excluding steroid dienone is 4. The third-order valence-electron chi connectivity index (χ3n) is 8.80. The van der Waals surface area contributed by atoms with Gasteiger partial charge in [-0.25, -0.2) is 0 Å². The third-order valence-corrected chi connectivity index (χ3v) is 8.80. The molecule has 0 amide bonds.